The van der Waals surface area contributed by atoms with Crippen LogP contribution in [0.5, 0.6) is 5.75 Å². The summed E-state index contributed by atoms with van der Waals surface area (Å²) in [6.45, 7) is 6.28. The second-order valence-electron chi connectivity index (χ2n) is 9.28. The molecule has 1 fully saturated rings. The Morgan fingerprint density at radius 3 is 2.44 bits per heavy atom. The normalized spacial score (nSPS) is 29.5. The predicted molar refractivity (Wildman–Crippen MR) is 120 cm³/mol. The first kappa shape index (κ1) is 20.7. The molecule has 166 valence electrons. The minimum Gasteiger partial charge on any atom is -0.497 e. The van der Waals surface area contributed by atoms with Gasteiger partial charge in [0.15, 0.2) is 11.5 Å². The summed E-state index contributed by atoms with van der Waals surface area (Å²) >= 11 is 0. The molecule has 5 rings (SSSR count). The Bertz CT molecular complexity index is 1110. The standard InChI is InChI=1S/C26H28N2O4/c1-14-12-19-20(13-15(14)2)32-25-22(24(19)29)23(17-8-10-18(31-4)11-9-17)28(26(25)30)21-7-5-6-16(3)27-21/h5-11,14-15,19-20,23H,12-13H2,1-4H3. The quantitative estimate of drug-likeness (QED) is 0.720. The van der Waals surface area contributed by atoms with Gasteiger partial charge in [0.25, 0.3) is 5.91 Å². The minimum absolute atomic E-state index is 0.0410. The summed E-state index contributed by atoms with van der Waals surface area (Å²) in [5, 5.41) is 0. The summed E-state index contributed by atoms with van der Waals surface area (Å²) in [6.07, 6.45) is 1.34. The van der Waals surface area contributed by atoms with E-state index in [-0.39, 0.29) is 29.5 Å². The zero-order chi connectivity index (χ0) is 22.6. The van der Waals surface area contributed by atoms with Crippen LogP contribution in [0.1, 0.15) is 44.0 Å². The second-order valence-corrected chi connectivity index (χ2v) is 9.28. The zero-order valence-electron chi connectivity index (χ0n) is 18.9. The highest BCUT2D eigenvalue weighted by Crippen LogP contribution is 2.49. The van der Waals surface area contributed by atoms with E-state index in [0.29, 0.717) is 29.0 Å². The molecule has 5 atom stereocenters. The van der Waals surface area contributed by atoms with Crippen LogP contribution in [0, 0.1) is 24.7 Å². The van der Waals surface area contributed by atoms with Gasteiger partial charge in [0, 0.05) is 5.69 Å². The van der Waals surface area contributed by atoms with Crippen LogP contribution in [0.3, 0.4) is 0 Å². The number of ether oxygens (including phenoxy) is 2. The van der Waals surface area contributed by atoms with Crippen molar-refractivity contribution in [2.75, 3.05) is 12.0 Å². The van der Waals surface area contributed by atoms with E-state index in [1.165, 1.54) is 0 Å². The lowest BCUT2D eigenvalue weighted by atomic mass is 9.70. The van der Waals surface area contributed by atoms with E-state index in [0.717, 1.165) is 24.1 Å². The molecule has 1 aromatic heterocycles. The number of amides is 1. The average molecular weight is 433 g/mol. The van der Waals surface area contributed by atoms with Gasteiger partial charge in [0.2, 0.25) is 0 Å². The van der Waals surface area contributed by atoms with Crippen LogP contribution >= 0.6 is 0 Å². The van der Waals surface area contributed by atoms with Crippen molar-refractivity contribution < 1.29 is 19.1 Å². The van der Waals surface area contributed by atoms with Crippen molar-refractivity contribution in [1.82, 2.24) is 4.98 Å². The number of hydrogen-bond donors (Lipinski definition) is 0. The number of aromatic nitrogens is 1. The SMILES string of the molecule is COc1ccc(C2C3=C(OC4CC(C)C(C)CC4C3=O)C(=O)N2c2cccc(C)n2)cc1. The van der Waals surface area contributed by atoms with Crippen molar-refractivity contribution in [2.45, 2.75) is 45.8 Å². The van der Waals surface area contributed by atoms with Crippen LogP contribution in [0.4, 0.5) is 5.82 Å². The molecular formula is C26H28N2O4. The first-order chi connectivity index (χ1) is 15.4. The number of ketones is 1. The van der Waals surface area contributed by atoms with E-state index in [2.05, 4.69) is 18.8 Å². The summed E-state index contributed by atoms with van der Waals surface area (Å²) in [5.41, 5.74) is 2.10. The minimum atomic E-state index is -0.569. The Morgan fingerprint density at radius 2 is 1.75 bits per heavy atom. The van der Waals surface area contributed by atoms with E-state index < -0.39 is 6.04 Å². The van der Waals surface area contributed by atoms with Gasteiger partial charge in [-0.3, -0.25) is 14.5 Å². The lowest BCUT2D eigenvalue weighted by molar-refractivity contribution is -0.134. The van der Waals surface area contributed by atoms with E-state index in [4.69, 9.17) is 9.47 Å². The summed E-state index contributed by atoms with van der Waals surface area (Å²) in [6, 6.07) is 12.5. The van der Waals surface area contributed by atoms with Crippen LogP contribution in [-0.2, 0) is 14.3 Å². The lowest BCUT2D eigenvalue weighted by Crippen LogP contribution is -2.43. The molecule has 32 heavy (non-hydrogen) atoms. The number of anilines is 1. The zero-order valence-corrected chi connectivity index (χ0v) is 18.9. The molecule has 2 aromatic rings. The molecule has 0 N–H and O–H groups in total. The number of rotatable bonds is 3. The first-order valence-corrected chi connectivity index (χ1v) is 11.2. The molecular weight excluding hydrogens is 404 g/mol. The number of carbonyl (C=O) groups excluding carboxylic acids is 2. The molecule has 0 spiro atoms. The molecule has 1 aliphatic carbocycles. The molecule has 2 aliphatic heterocycles. The van der Waals surface area contributed by atoms with Gasteiger partial charge in [0.05, 0.1) is 24.6 Å². The second kappa shape index (κ2) is 7.76. The van der Waals surface area contributed by atoms with Crippen LogP contribution in [0.15, 0.2) is 53.8 Å². The van der Waals surface area contributed by atoms with E-state index >= 15 is 0 Å². The highest BCUT2D eigenvalue weighted by atomic mass is 16.5. The Kier molecular flexibility index (Phi) is 5.03. The van der Waals surface area contributed by atoms with Gasteiger partial charge in [-0.15, -0.1) is 0 Å². The van der Waals surface area contributed by atoms with Gasteiger partial charge in [-0.1, -0.05) is 32.0 Å². The van der Waals surface area contributed by atoms with Gasteiger partial charge in [-0.05, 0) is 61.4 Å². The fourth-order valence-corrected chi connectivity index (χ4v) is 5.26. The molecule has 1 amide bonds. The highest BCUT2D eigenvalue weighted by Gasteiger charge is 2.54. The number of Topliss-reactive ketones (excluding diaryl/α,β-unsaturated/α-hetero) is 1. The molecule has 6 heteroatoms. The molecule has 3 heterocycles. The van der Waals surface area contributed by atoms with E-state index in [1.54, 1.807) is 12.0 Å². The Morgan fingerprint density at radius 1 is 1.03 bits per heavy atom. The third kappa shape index (κ3) is 3.20. The molecule has 6 nitrogen and oxygen atoms in total. The number of benzene rings is 1. The first-order valence-electron chi connectivity index (χ1n) is 11.2. The van der Waals surface area contributed by atoms with Gasteiger partial charge in [0.1, 0.15) is 17.7 Å². The molecule has 0 saturated heterocycles. The number of hydrogen-bond acceptors (Lipinski definition) is 5. The smallest absolute Gasteiger partial charge is 0.295 e. The van der Waals surface area contributed by atoms with Gasteiger partial charge in [-0.2, -0.15) is 0 Å². The topological polar surface area (TPSA) is 68.7 Å². The Hall–Kier alpha value is -3.15. The maximum atomic E-state index is 13.8. The summed E-state index contributed by atoms with van der Waals surface area (Å²) < 4.78 is 11.6. The van der Waals surface area contributed by atoms with Crippen molar-refractivity contribution in [3.63, 3.8) is 0 Å². The van der Waals surface area contributed by atoms with Crippen molar-refractivity contribution in [3.05, 3.63) is 65.1 Å². The summed E-state index contributed by atoms with van der Waals surface area (Å²) in [4.78, 5) is 33.7. The average Bonchev–Trinajstić information content (AvgIpc) is 3.08. The van der Waals surface area contributed by atoms with Crippen LogP contribution in [0.25, 0.3) is 0 Å². The molecule has 1 aromatic carbocycles. The highest BCUT2D eigenvalue weighted by molar-refractivity contribution is 6.17. The van der Waals surface area contributed by atoms with Crippen molar-refractivity contribution in [3.8, 4) is 5.75 Å². The third-order valence-corrected chi connectivity index (χ3v) is 7.26. The molecule has 5 unspecified atom stereocenters. The number of nitrogens with zero attached hydrogens (tertiary/aromatic N) is 2. The van der Waals surface area contributed by atoms with E-state index in [1.807, 2.05) is 49.4 Å². The number of pyridine rings is 1. The maximum Gasteiger partial charge on any atom is 0.295 e. The number of methoxy groups -OCH3 is 1. The summed E-state index contributed by atoms with van der Waals surface area (Å²) in [5.74, 6) is 1.87. The third-order valence-electron chi connectivity index (χ3n) is 7.26. The largest absolute Gasteiger partial charge is 0.497 e. The summed E-state index contributed by atoms with van der Waals surface area (Å²) in [7, 11) is 1.61. The molecule has 0 bridgehead atoms. The fraction of sp³-hybridized carbons (Fsp3) is 0.423. The predicted octanol–water partition coefficient (Wildman–Crippen LogP) is 4.39. The maximum absolute atomic E-state index is 13.8. The van der Waals surface area contributed by atoms with Gasteiger partial charge < -0.3 is 9.47 Å². The number of aryl methyl sites for hydroxylation is 1. The molecule has 3 aliphatic rings. The molecule has 1 saturated carbocycles. The van der Waals surface area contributed by atoms with Crippen LogP contribution < -0.4 is 9.64 Å². The fourth-order valence-electron chi connectivity index (χ4n) is 5.26. The van der Waals surface area contributed by atoms with Crippen LogP contribution in [-0.4, -0.2) is 29.9 Å². The number of carbonyl (C=O) groups is 2. The van der Waals surface area contributed by atoms with E-state index in [9.17, 15) is 9.59 Å². The monoisotopic (exact) mass is 432 g/mol. The number of fused-ring (bicyclic) bond motifs is 1. The Balaban J connectivity index is 1.63. The van der Waals surface area contributed by atoms with Gasteiger partial charge >= 0.3 is 0 Å². The van der Waals surface area contributed by atoms with Crippen molar-refractivity contribution in [2.24, 2.45) is 17.8 Å². The lowest BCUT2D eigenvalue weighted by Gasteiger charge is -2.40. The van der Waals surface area contributed by atoms with Crippen molar-refractivity contribution in [1.29, 1.82) is 0 Å². The molecule has 0 radical (unpaired) electrons. The van der Waals surface area contributed by atoms with Crippen LogP contribution in [0.2, 0.25) is 0 Å². The Labute approximate surface area is 188 Å². The van der Waals surface area contributed by atoms with Crippen molar-refractivity contribution >= 4 is 17.5 Å². The van der Waals surface area contributed by atoms with Gasteiger partial charge in [-0.25, -0.2) is 4.98 Å².